The molecule has 86 valence electrons. The minimum Gasteiger partial charge on any atom is -0.455 e. The molecule has 0 bridgehead atoms. The van der Waals surface area contributed by atoms with Crippen molar-refractivity contribution >= 4 is 5.97 Å². The molecule has 0 spiro atoms. The van der Waals surface area contributed by atoms with Crippen molar-refractivity contribution in [3.8, 4) is 0 Å². The fraction of sp³-hybridized carbons (Fsp3) is 0.889. The fourth-order valence-corrected chi connectivity index (χ4v) is 1.77. The normalized spacial score (nSPS) is 44.4. The lowest BCUT2D eigenvalue weighted by molar-refractivity contribution is -0.166. The minimum atomic E-state index is -1.48. The summed E-state index contributed by atoms with van der Waals surface area (Å²) in [5, 5.41) is 18.7. The SMILES string of the molecule is CC1(C)OC[C@@H]([C@@H]2OC(=O)[C@@H](O)[C@H]2O)O1. The number of esters is 1. The van der Waals surface area contributed by atoms with Gasteiger partial charge in [0.05, 0.1) is 6.61 Å². The molecular formula is C9H14O6. The van der Waals surface area contributed by atoms with E-state index in [-0.39, 0.29) is 6.61 Å². The second kappa shape index (κ2) is 3.41. The third-order valence-electron chi connectivity index (χ3n) is 2.55. The number of cyclic esters (lactones) is 1. The highest BCUT2D eigenvalue weighted by Gasteiger charge is 2.50. The van der Waals surface area contributed by atoms with E-state index in [2.05, 4.69) is 0 Å². The van der Waals surface area contributed by atoms with Gasteiger partial charge in [0.15, 0.2) is 18.0 Å². The van der Waals surface area contributed by atoms with E-state index >= 15 is 0 Å². The second-order valence-corrected chi connectivity index (χ2v) is 4.20. The number of carbonyl (C=O) groups is 1. The van der Waals surface area contributed by atoms with Gasteiger partial charge in [-0.2, -0.15) is 0 Å². The van der Waals surface area contributed by atoms with Gasteiger partial charge in [-0.25, -0.2) is 4.79 Å². The van der Waals surface area contributed by atoms with Crippen molar-refractivity contribution < 1.29 is 29.2 Å². The Hall–Kier alpha value is -0.690. The van der Waals surface area contributed by atoms with Crippen LogP contribution in [0, 0.1) is 0 Å². The maximum absolute atomic E-state index is 11.0. The highest BCUT2D eigenvalue weighted by Crippen LogP contribution is 2.30. The predicted molar refractivity (Wildman–Crippen MR) is 46.8 cm³/mol. The number of hydrogen-bond donors (Lipinski definition) is 2. The van der Waals surface area contributed by atoms with Gasteiger partial charge in [0.2, 0.25) is 0 Å². The quantitative estimate of drug-likeness (QED) is 0.537. The zero-order valence-corrected chi connectivity index (χ0v) is 8.54. The Morgan fingerprint density at radius 1 is 1.40 bits per heavy atom. The van der Waals surface area contributed by atoms with E-state index in [9.17, 15) is 15.0 Å². The van der Waals surface area contributed by atoms with Gasteiger partial charge in [0.25, 0.3) is 0 Å². The second-order valence-electron chi connectivity index (χ2n) is 4.20. The molecule has 0 saturated carbocycles. The van der Waals surface area contributed by atoms with Crippen LogP contribution in [0.1, 0.15) is 13.8 Å². The Labute approximate surface area is 86.7 Å². The number of ether oxygens (including phenoxy) is 3. The Morgan fingerprint density at radius 2 is 2.07 bits per heavy atom. The van der Waals surface area contributed by atoms with Crippen molar-refractivity contribution in [2.75, 3.05) is 6.61 Å². The van der Waals surface area contributed by atoms with Gasteiger partial charge < -0.3 is 24.4 Å². The molecule has 0 aromatic rings. The lowest BCUT2D eigenvalue weighted by Crippen LogP contribution is -2.40. The molecule has 6 heteroatoms. The van der Waals surface area contributed by atoms with E-state index in [1.165, 1.54) is 0 Å². The summed E-state index contributed by atoms with van der Waals surface area (Å²) in [7, 11) is 0. The maximum Gasteiger partial charge on any atom is 0.338 e. The monoisotopic (exact) mass is 218 g/mol. The van der Waals surface area contributed by atoms with Crippen LogP contribution in [-0.4, -0.2) is 53.0 Å². The largest absolute Gasteiger partial charge is 0.455 e. The molecule has 0 amide bonds. The van der Waals surface area contributed by atoms with E-state index in [1.807, 2.05) is 0 Å². The van der Waals surface area contributed by atoms with Gasteiger partial charge in [-0.05, 0) is 13.8 Å². The molecule has 2 rings (SSSR count). The zero-order valence-electron chi connectivity index (χ0n) is 8.54. The Balaban J connectivity index is 2.04. The lowest BCUT2D eigenvalue weighted by atomic mass is 10.1. The van der Waals surface area contributed by atoms with E-state index in [4.69, 9.17) is 14.2 Å². The summed E-state index contributed by atoms with van der Waals surface area (Å²) in [5.74, 6) is -1.56. The highest BCUT2D eigenvalue weighted by molar-refractivity contribution is 5.77. The fourth-order valence-electron chi connectivity index (χ4n) is 1.77. The van der Waals surface area contributed by atoms with Crippen molar-refractivity contribution in [2.24, 2.45) is 0 Å². The van der Waals surface area contributed by atoms with Crippen LogP contribution in [0.2, 0.25) is 0 Å². The molecule has 2 heterocycles. The van der Waals surface area contributed by atoms with Gasteiger partial charge >= 0.3 is 5.97 Å². The summed E-state index contributed by atoms with van der Waals surface area (Å²) in [6.45, 7) is 3.69. The third-order valence-corrected chi connectivity index (χ3v) is 2.55. The first-order valence-electron chi connectivity index (χ1n) is 4.79. The van der Waals surface area contributed by atoms with E-state index in [0.717, 1.165) is 0 Å². The molecule has 6 nitrogen and oxygen atoms in total. The summed E-state index contributed by atoms with van der Waals surface area (Å²) in [5.41, 5.74) is 0. The van der Waals surface area contributed by atoms with E-state index in [0.29, 0.717) is 0 Å². The average Bonchev–Trinajstić information content (AvgIpc) is 2.62. The standard InChI is InChI=1S/C9H14O6/c1-9(2)13-3-4(15-9)7-5(10)6(11)8(12)14-7/h4-7,10-11H,3H2,1-2H3/t4-,5+,6-,7-/m0/s1. The van der Waals surface area contributed by atoms with E-state index < -0.39 is 36.2 Å². The molecule has 2 saturated heterocycles. The zero-order chi connectivity index (χ0) is 11.2. The lowest BCUT2D eigenvalue weighted by Gasteiger charge is -2.21. The van der Waals surface area contributed by atoms with E-state index in [1.54, 1.807) is 13.8 Å². The maximum atomic E-state index is 11.0. The number of aliphatic hydroxyl groups excluding tert-OH is 2. The Morgan fingerprint density at radius 3 is 2.47 bits per heavy atom. The van der Waals surface area contributed by atoms with Crippen LogP contribution in [0.5, 0.6) is 0 Å². The molecule has 2 N–H and O–H groups in total. The summed E-state index contributed by atoms with van der Waals surface area (Å²) >= 11 is 0. The smallest absolute Gasteiger partial charge is 0.338 e. The number of rotatable bonds is 1. The highest BCUT2D eigenvalue weighted by atomic mass is 16.8. The first kappa shape index (κ1) is 10.8. The van der Waals surface area contributed by atoms with Crippen molar-refractivity contribution in [1.29, 1.82) is 0 Å². The van der Waals surface area contributed by atoms with Crippen LogP contribution < -0.4 is 0 Å². The molecule has 0 unspecified atom stereocenters. The van der Waals surface area contributed by atoms with Crippen molar-refractivity contribution in [3.63, 3.8) is 0 Å². The number of aliphatic hydroxyl groups is 2. The van der Waals surface area contributed by atoms with Gasteiger partial charge in [-0.15, -0.1) is 0 Å². The van der Waals surface area contributed by atoms with Crippen LogP contribution in [-0.2, 0) is 19.0 Å². The first-order chi connectivity index (χ1) is 6.91. The molecule has 4 atom stereocenters. The minimum absolute atomic E-state index is 0.231. The number of hydrogen-bond acceptors (Lipinski definition) is 6. The molecule has 2 fully saturated rings. The third kappa shape index (κ3) is 1.85. The molecule has 2 aliphatic heterocycles. The molecule has 15 heavy (non-hydrogen) atoms. The van der Waals surface area contributed by atoms with Crippen molar-refractivity contribution in [1.82, 2.24) is 0 Å². The topological polar surface area (TPSA) is 85.2 Å². The summed E-state index contributed by atoms with van der Waals surface area (Å²) in [4.78, 5) is 11.0. The van der Waals surface area contributed by atoms with Gasteiger partial charge in [0.1, 0.15) is 12.2 Å². The van der Waals surface area contributed by atoms with Gasteiger partial charge in [-0.1, -0.05) is 0 Å². The van der Waals surface area contributed by atoms with Crippen molar-refractivity contribution in [3.05, 3.63) is 0 Å². The van der Waals surface area contributed by atoms with Gasteiger partial charge in [0, 0.05) is 0 Å². The van der Waals surface area contributed by atoms with Gasteiger partial charge in [-0.3, -0.25) is 0 Å². The Kier molecular flexibility index (Phi) is 2.46. The van der Waals surface area contributed by atoms with Crippen molar-refractivity contribution in [2.45, 2.75) is 44.1 Å². The molecule has 0 aromatic heterocycles. The summed E-state index contributed by atoms with van der Waals surface area (Å²) in [6.07, 6.45) is -4.12. The molecule has 0 aromatic carbocycles. The molecule has 0 radical (unpaired) electrons. The summed E-state index contributed by atoms with van der Waals surface area (Å²) in [6, 6.07) is 0. The Bertz CT molecular complexity index is 276. The summed E-state index contributed by atoms with van der Waals surface area (Å²) < 4.78 is 15.5. The van der Waals surface area contributed by atoms with Crippen LogP contribution in [0.4, 0.5) is 0 Å². The molecular weight excluding hydrogens is 204 g/mol. The average molecular weight is 218 g/mol. The first-order valence-corrected chi connectivity index (χ1v) is 4.79. The molecule has 2 aliphatic rings. The van der Waals surface area contributed by atoms with Crippen LogP contribution in [0.15, 0.2) is 0 Å². The van der Waals surface area contributed by atoms with Crippen LogP contribution in [0.3, 0.4) is 0 Å². The predicted octanol–water partition coefficient (Wildman–Crippen LogP) is -1.21. The number of carbonyl (C=O) groups excluding carboxylic acids is 1. The van der Waals surface area contributed by atoms with Crippen LogP contribution in [0.25, 0.3) is 0 Å². The van der Waals surface area contributed by atoms with Crippen LogP contribution >= 0.6 is 0 Å². The molecule has 0 aliphatic carbocycles.